The van der Waals surface area contributed by atoms with Crippen LogP contribution in [0.1, 0.15) is 33.6 Å². The zero-order valence-electron chi connectivity index (χ0n) is 13.7. The first-order valence-electron chi connectivity index (χ1n) is 7.31. The van der Waals surface area contributed by atoms with E-state index in [2.05, 4.69) is 9.72 Å². The average molecular weight is 368 g/mol. The minimum atomic E-state index is -0.394. The molecule has 1 heterocycles. The summed E-state index contributed by atoms with van der Waals surface area (Å²) in [7, 11) is 2.91. The predicted octanol–water partition coefficient (Wildman–Crippen LogP) is 4.55. The van der Waals surface area contributed by atoms with E-state index in [1.165, 1.54) is 24.6 Å². The fraction of sp³-hybridized carbons (Fsp3) is 0.294. The third-order valence-corrected chi connectivity index (χ3v) is 4.25. The highest BCUT2D eigenvalue weighted by Gasteiger charge is 2.12. The fourth-order valence-electron chi connectivity index (χ4n) is 1.91. The Hall–Kier alpha value is -2.05. The smallest absolute Gasteiger partial charge is 0.349 e. The minimum absolute atomic E-state index is 0.394. The van der Waals surface area contributed by atoms with Crippen LogP contribution in [-0.4, -0.2) is 31.8 Å². The van der Waals surface area contributed by atoms with Gasteiger partial charge in [-0.2, -0.15) is 0 Å². The van der Waals surface area contributed by atoms with E-state index in [0.29, 0.717) is 33.0 Å². The van der Waals surface area contributed by atoms with E-state index < -0.39 is 5.97 Å². The minimum Gasteiger partial charge on any atom is -0.493 e. The highest BCUT2D eigenvalue weighted by Crippen LogP contribution is 2.37. The van der Waals surface area contributed by atoms with Crippen molar-refractivity contribution in [2.75, 3.05) is 20.8 Å². The molecule has 0 aliphatic rings. The quantitative estimate of drug-likeness (QED) is 0.672. The molecule has 0 aliphatic heterocycles. The molecule has 1 aromatic heterocycles. The number of halogens is 1. The van der Waals surface area contributed by atoms with E-state index in [9.17, 15) is 4.79 Å². The number of rotatable bonds is 7. The second-order valence-electron chi connectivity index (χ2n) is 4.77. The summed E-state index contributed by atoms with van der Waals surface area (Å²) in [4.78, 5) is 16.0. The van der Waals surface area contributed by atoms with E-state index >= 15 is 0 Å². The molecule has 24 heavy (non-hydrogen) atoms. The first-order chi connectivity index (χ1) is 11.6. The van der Waals surface area contributed by atoms with Crippen molar-refractivity contribution in [1.29, 1.82) is 0 Å². The summed E-state index contributed by atoms with van der Waals surface area (Å²) in [6, 6.07) is 3.63. The van der Waals surface area contributed by atoms with Gasteiger partial charge >= 0.3 is 5.97 Å². The Balaban J connectivity index is 2.21. The molecule has 0 radical (unpaired) electrons. The summed E-state index contributed by atoms with van der Waals surface area (Å²) >= 11 is 7.53. The van der Waals surface area contributed by atoms with Crippen LogP contribution in [-0.2, 0) is 4.74 Å². The molecule has 128 valence electrons. The van der Waals surface area contributed by atoms with E-state index in [1.807, 2.05) is 19.1 Å². The highest BCUT2D eigenvalue weighted by atomic mass is 35.5. The number of benzene rings is 1. The molecule has 0 aliphatic carbocycles. The second-order valence-corrected chi connectivity index (χ2v) is 6.24. The Morgan fingerprint density at radius 3 is 2.79 bits per heavy atom. The molecule has 7 heteroatoms. The van der Waals surface area contributed by atoms with Crippen LogP contribution in [0.15, 0.2) is 18.3 Å². The third kappa shape index (κ3) is 4.49. The Kier molecular flexibility index (Phi) is 6.63. The van der Waals surface area contributed by atoms with Gasteiger partial charge in [0.1, 0.15) is 9.88 Å². The van der Waals surface area contributed by atoms with Crippen LogP contribution >= 0.6 is 22.9 Å². The van der Waals surface area contributed by atoms with Crippen LogP contribution in [0.2, 0.25) is 5.02 Å². The lowest BCUT2D eigenvalue weighted by atomic mass is 10.2. The molecule has 2 aromatic rings. The van der Waals surface area contributed by atoms with Gasteiger partial charge in [-0.05, 0) is 30.2 Å². The highest BCUT2D eigenvalue weighted by molar-refractivity contribution is 7.14. The maximum atomic E-state index is 11.4. The lowest BCUT2D eigenvalue weighted by molar-refractivity contribution is 0.0606. The molecular weight excluding hydrogens is 350 g/mol. The maximum absolute atomic E-state index is 11.4. The van der Waals surface area contributed by atoms with Gasteiger partial charge in [0.25, 0.3) is 0 Å². The van der Waals surface area contributed by atoms with Gasteiger partial charge < -0.3 is 14.2 Å². The molecule has 0 unspecified atom stereocenters. The molecule has 0 amide bonds. The monoisotopic (exact) mass is 367 g/mol. The Morgan fingerprint density at radius 1 is 1.33 bits per heavy atom. The normalized spacial score (nSPS) is 10.8. The SMILES string of the molecule is CCCOc1c(Cl)cc(/C=C/c2ncc(C(=O)OC)s2)cc1OC. The standard InChI is InChI=1S/C17H18ClNO4S/c1-4-7-23-16-12(18)8-11(9-13(16)21-2)5-6-15-19-10-14(24-15)17(20)22-3/h5-6,8-10H,4,7H2,1-3H3/b6-5+. The molecule has 0 atom stereocenters. The molecule has 5 nitrogen and oxygen atoms in total. The first kappa shape index (κ1) is 18.3. The van der Waals surface area contributed by atoms with Gasteiger partial charge in [0.05, 0.1) is 32.0 Å². The first-order valence-corrected chi connectivity index (χ1v) is 8.51. The van der Waals surface area contributed by atoms with E-state index in [1.54, 1.807) is 19.3 Å². The number of esters is 1. The third-order valence-electron chi connectivity index (χ3n) is 3.03. The fourth-order valence-corrected chi connectivity index (χ4v) is 2.92. The number of methoxy groups -OCH3 is 2. The average Bonchev–Trinajstić information content (AvgIpc) is 3.06. The van der Waals surface area contributed by atoms with E-state index in [4.69, 9.17) is 21.1 Å². The predicted molar refractivity (Wildman–Crippen MR) is 96.2 cm³/mol. The molecule has 1 aromatic carbocycles. The van der Waals surface area contributed by atoms with Crippen molar-refractivity contribution in [2.45, 2.75) is 13.3 Å². The topological polar surface area (TPSA) is 57.7 Å². The molecule has 0 bridgehead atoms. The number of thiazole rings is 1. The van der Waals surface area contributed by atoms with Gasteiger partial charge in [-0.1, -0.05) is 24.6 Å². The van der Waals surface area contributed by atoms with Crippen molar-refractivity contribution < 1.29 is 19.0 Å². The lowest BCUT2D eigenvalue weighted by Gasteiger charge is -2.12. The number of carbonyl (C=O) groups is 1. The zero-order valence-corrected chi connectivity index (χ0v) is 15.2. The molecule has 0 N–H and O–H groups in total. The molecule has 0 fully saturated rings. The van der Waals surface area contributed by atoms with Gasteiger partial charge in [0, 0.05) is 0 Å². The summed E-state index contributed by atoms with van der Waals surface area (Å²) in [6.45, 7) is 2.59. The van der Waals surface area contributed by atoms with Gasteiger partial charge in [0.15, 0.2) is 11.5 Å². The molecule has 2 rings (SSSR count). The summed E-state index contributed by atoms with van der Waals surface area (Å²) in [5.41, 5.74) is 0.843. The van der Waals surface area contributed by atoms with E-state index in [-0.39, 0.29) is 0 Å². The Morgan fingerprint density at radius 2 is 2.12 bits per heavy atom. The summed E-state index contributed by atoms with van der Waals surface area (Å²) in [5, 5.41) is 1.17. The number of nitrogens with zero attached hydrogens (tertiary/aromatic N) is 1. The zero-order chi connectivity index (χ0) is 17.5. The van der Waals surface area contributed by atoms with Crippen molar-refractivity contribution in [1.82, 2.24) is 4.98 Å². The number of aromatic nitrogens is 1. The Labute approximate surface area is 149 Å². The molecular formula is C17H18ClNO4S. The van der Waals surface area contributed by atoms with Crippen molar-refractivity contribution in [3.05, 3.63) is 38.8 Å². The van der Waals surface area contributed by atoms with Crippen LogP contribution < -0.4 is 9.47 Å². The number of ether oxygens (including phenoxy) is 3. The van der Waals surface area contributed by atoms with Crippen molar-refractivity contribution >= 4 is 41.1 Å². The van der Waals surface area contributed by atoms with Gasteiger partial charge in [-0.15, -0.1) is 11.3 Å². The van der Waals surface area contributed by atoms with E-state index in [0.717, 1.165) is 12.0 Å². The maximum Gasteiger partial charge on any atom is 0.349 e. The van der Waals surface area contributed by atoms with Crippen molar-refractivity contribution in [3.63, 3.8) is 0 Å². The summed E-state index contributed by atoms with van der Waals surface area (Å²) < 4.78 is 15.6. The number of hydrogen-bond donors (Lipinski definition) is 0. The molecule has 0 saturated carbocycles. The van der Waals surface area contributed by atoms with Crippen LogP contribution in [0.3, 0.4) is 0 Å². The summed E-state index contributed by atoms with van der Waals surface area (Å²) in [6.07, 6.45) is 6.02. The van der Waals surface area contributed by atoms with Crippen LogP contribution in [0.5, 0.6) is 11.5 Å². The molecule has 0 saturated heterocycles. The number of hydrogen-bond acceptors (Lipinski definition) is 6. The van der Waals surface area contributed by atoms with Crippen LogP contribution in [0.4, 0.5) is 0 Å². The van der Waals surface area contributed by atoms with Crippen molar-refractivity contribution in [3.8, 4) is 11.5 Å². The van der Waals surface area contributed by atoms with Gasteiger partial charge in [-0.25, -0.2) is 9.78 Å². The largest absolute Gasteiger partial charge is 0.493 e. The number of carbonyl (C=O) groups excluding carboxylic acids is 1. The van der Waals surface area contributed by atoms with Gasteiger partial charge in [-0.3, -0.25) is 0 Å². The van der Waals surface area contributed by atoms with Crippen LogP contribution in [0.25, 0.3) is 12.2 Å². The summed E-state index contributed by atoms with van der Waals surface area (Å²) in [5.74, 6) is 0.722. The van der Waals surface area contributed by atoms with Gasteiger partial charge in [0.2, 0.25) is 0 Å². The second kappa shape index (κ2) is 8.70. The molecule has 0 spiro atoms. The van der Waals surface area contributed by atoms with Crippen LogP contribution in [0, 0.1) is 0 Å². The van der Waals surface area contributed by atoms with Crippen molar-refractivity contribution in [2.24, 2.45) is 0 Å². The lowest BCUT2D eigenvalue weighted by Crippen LogP contribution is -1.99. The Bertz CT molecular complexity index is 742.